The lowest BCUT2D eigenvalue weighted by atomic mass is 10.1. The first-order chi connectivity index (χ1) is 13.7. The molecule has 1 aliphatic heterocycles. The number of rotatable bonds is 6. The molecular formula is C20H25N3O6. The van der Waals surface area contributed by atoms with Crippen LogP contribution >= 0.6 is 0 Å². The third-order valence-electron chi connectivity index (χ3n) is 4.76. The molecule has 0 bridgehead atoms. The zero-order chi connectivity index (χ0) is 21.3. The summed E-state index contributed by atoms with van der Waals surface area (Å²) in [6.07, 6.45) is 1.48. The first-order valence-corrected chi connectivity index (χ1v) is 9.37. The molecule has 3 rings (SSSR count). The highest BCUT2D eigenvalue weighted by Crippen LogP contribution is 2.35. The molecule has 0 saturated heterocycles. The van der Waals surface area contributed by atoms with E-state index in [1.54, 1.807) is 30.5 Å². The molecule has 0 fully saturated rings. The molecule has 1 aromatic heterocycles. The lowest BCUT2D eigenvalue weighted by Gasteiger charge is -2.25. The van der Waals surface area contributed by atoms with Crippen LogP contribution in [0.2, 0.25) is 0 Å². The highest BCUT2D eigenvalue weighted by molar-refractivity contribution is 6.00. The van der Waals surface area contributed by atoms with E-state index in [9.17, 15) is 19.5 Å². The first-order valence-electron chi connectivity index (χ1n) is 9.37. The van der Waals surface area contributed by atoms with Crippen LogP contribution in [0.5, 0.6) is 11.5 Å². The number of pyridine rings is 1. The molecule has 0 radical (unpaired) electrons. The van der Waals surface area contributed by atoms with Crippen molar-refractivity contribution in [3.63, 3.8) is 0 Å². The van der Waals surface area contributed by atoms with E-state index in [2.05, 4.69) is 10.6 Å². The molecule has 3 N–H and O–H groups in total. The minimum Gasteiger partial charge on any atom is -0.454 e. The van der Waals surface area contributed by atoms with Crippen molar-refractivity contribution < 1.29 is 24.2 Å². The summed E-state index contributed by atoms with van der Waals surface area (Å²) in [5, 5.41) is 14.8. The number of ether oxygens (including phenoxy) is 2. The van der Waals surface area contributed by atoms with E-state index in [1.165, 1.54) is 13.1 Å². The summed E-state index contributed by atoms with van der Waals surface area (Å²) in [4.78, 5) is 38.0. The quantitative estimate of drug-likeness (QED) is 0.655. The highest BCUT2D eigenvalue weighted by Gasteiger charge is 2.26. The van der Waals surface area contributed by atoms with Crippen molar-refractivity contribution >= 4 is 22.7 Å². The van der Waals surface area contributed by atoms with E-state index in [1.807, 2.05) is 6.92 Å². The fraction of sp³-hybridized carbons (Fsp3) is 0.450. The number of carbonyl (C=O) groups is 2. The molecule has 2 aromatic rings. The zero-order valence-electron chi connectivity index (χ0n) is 16.9. The first kappa shape index (κ1) is 20.7. The number of aromatic nitrogens is 1. The Morgan fingerprint density at radius 3 is 2.55 bits per heavy atom. The number of hydrogen-bond acceptors (Lipinski definition) is 6. The summed E-state index contributed by atoms with van der Waals surface area (Å²) in [7, 11) is 0. The number of amides is 2. The van der Waals surface area contributed by atoms with Crippen LogP contribution in [0.25, 0.3) is 10.9 Å². The summed E-state index contributed by atoms with van der Waals surface area (Å²) in [5.74, 6) is -0.111. The monoisotopic (exact) mass is 403 g/mol. The second-order valence-electron chi connectivity index (χ2n) is 7.61. The van der Waals surface area contributed by atoms with E-state index in [-0.39, 0.29) is 19.0 Å². The van der Waals surface area contributed by atoms with Crippen LogP contribution < -0.4 is 25.5 Å². The van der Waals surface area contributed by atoms with Crippen molar-refractivity contribution in [2.75, 3.05) is 13.4 Å². The molecule has 1 aliphatic rings. The van der Waals surface area contributed by atoms with Crippen molar-refractivity contribution in [2.24, 2.45) is 0 Å². The molecule has 1 unspecified atom stereocenters. The number of nitrogens with one attached hydrogen (secondary N) is 2. The fourth-order valence-electron chi connectivity index (χ4n) is 3.02. The summed E-state index contributed by atoms with van der Waals surface area (Å²) in [6.45, 7) is 7.08. The fourth-order valence-corrected chi connectivity index (χ4v) is 3.02. The lowest BCUT2D eigenvalue weighted by molar-refractivity contribution is -0.124. The summed E-state index contributed by atoms with van der Waals surface area (Å²) in [5.41, 5.74) is -0.715. The van der Waals surface area contributed by atoms with Gasteiger partial charge in [0.05, 0.1) is 23.0 Å². The van der Waals surface area contributed by atoms with E-state index in [0.29, 0.717) is 28.9 Å². The van der Waals surface area contributed by atoms with Crippen molar-refractivity contribution in [1.82, 2.24) is 15.2 Å². The van der Waals surface area contributed by atoms with Crippen LogP contribution in [0.1, 0.15) is 38.1 Å². The SMILES string of the molecule is CCn1cc(C(=O)NC(C)C(=O)NC(C)(C)CO)c(=O)c2cc3c(cc21)OCO3. The topological polar surface area (TPSA) is 119 Å². The van der Waals surface area contributed by atoms with E-state index < -0.39 is 28.8 Å². The zero-order valence-corrected chi connectivity index (χ0v) is 16.9. The minimum atomic E-state index is -0.893. The van der Waals surface area contributed by atoms with Crippen molar-refractivity contribution in [3.05, 3.63) is 34.1 Å². The van der Waals surface area contributed by atoms with Gasteiger partial charge in [-0.1, -0.05) is 0 Å². The molecule has 156 valence electrons. The second kappa shape index (κ2) is 7.75. The second-order valence-corrected chi connectivity index (χ2v) is 7.61. The number of nitrogens with zero attached hydrogens (tertiary/aromatic N) is 1. The van der Waals surface area contributed by atoms with Crippen LogP contribution in [0.4, 0.5) is 0 Å². The third-order valence-corrected chi connectivity index (χ3v) is 4.76. The number of carbonyl (C=O) groups excluding carboxylic acids is 2. The Morgan fingerprint density at radius 1 is 1.28 bits per heavy atom. The average molecular weight is 403 g/mol. The molecule has 9 heteroatoms. The van der Waals surface area contributed by atoms with Gasteiger partial charge in [0.25, 0.3) is 5.91 Å². The predicted molar refractivity (Wildman–Crippen MR) is 106 cm³/mol. The van der Waals surface area contributed by atoms with Gasteiger partial charge in [0.1, 0.15) is 11.6 Å². The van der Waals surface area contributed by atoms with E-state index >= 15 is 0 Å². The van der Waals surface area contributed by atoms with E-state index in [0.717, 1.165) is 0 Å². The van der Waals surface area contributed by atoms with Crippen LogP contribution in [0, 0.1) is 0 Å². The van der Waals surface area contributed by atoms with Crippen molar-refractivity contribution in [1.29, 1.82) is 0 Å². The third kappa shape index (κ3) is 4.04. The van der Waals surface area contributed by atoms with Gasteiger partial charge in [-0.15, -0.1) is 0 Å². The van der Waals surface area contributed by atoms with Crippen LogP contribution in [-0.2, 0) is 11.3 Å². The normalized spacial score (nSPS) is 14.0. The Kier molecular flexibility index (Phi) is 5.52. The van der Waals surface area contributed by atoms with E-state index in [4.69, 9.17) is 9.47 Å². The smallest absolute Gasteiger partial charge is 0.257 e. The molecule has 0 spiro atoms. The Labute approximate surface area is 167 Å². The van der Waals surface area contributed by atoms with Gasteiger partial charge in [0.15, 0.2) is 11.5 Å². The Bertz CT molecular complexity index is 1030. The van der Waals surface area contributed by atoms with Gasteiger partial charge in [-0.25, -0.2) is 0 Å². The molecule has 1 aromatic carbocycles. The maximum absolute atomic E-state index is 13.0. The molecular weight excluding hydrogens is 378 g/mol. The van der Waals surface area contributed by atoms with Crippen molar-refractivity contribution in [3.8, 4) is 11.5 Å². The molecule has 0 saturated carbocycles. The minimum absolute atomic E-state index is 0.0701. The van der Waals surface area contributed by atoms with Crippen molar-refractivity contribution in [2.45, 2.75) is 45.8 Å². The summed E-state index contributed by atoms with van der Waals surface area (Å²) < 4.78 is 12.5. The number of fused-ring (bicyclic) bond motifs is 2. The summed E-state index contributed by atoms with van der Waals surface area (Å²) >= 11 is 0. The number of aryl methyl sites for hydroxylation is 1. The predicted octanol–water partition coefficient (Wildman–Crippen LogP) is 0.755. The van der Waals surface area contributed by atoms with Gasteiger partial charge in [0, 0.05) is 18.8 Å². The molecule has 0 aliphatic carbocycles. The number of aliphatic hydroxyl groups excluding tert-OH is 1. The summed E-state index contributed by atoms with van der Waals surface area (Å²) in [6, 6.07) is 2.40. The van der Waals surface area contributed by atoms with Gasteiger partial charge in [-0.2, -0.15) is 0 Å². The maximum Gasteiger partial charge on any atom is 0.257 e. The van der Waals surface area contributed by atoms with Crippen LogP contribution in [0.15, 0.2) is 23.1 Å². The van der Waals surface area contributed by atoms with Crippen LogP contribution in [0.3, 0.4) is 0 Å². The molecule has 2 heterocycles. The van der Waals surface area contributed by atoms with Crippen LogP contribution in [-0.4, -0.2) is 46.5 Å². The highest BCUT2D eigenvalue weighted by atomic mass is 16.7. The molecule has 29 heavy (non-hydrogen) atoms. The molecule has 1 atom stereocenters. The Hall–Kier alpha value is -3.07. The Balaban J connectivity index is 1.92. The number of benzene rings is 1. The Morgan fingerprint density at radius 2 is 1.93 bits per heavy atom. The molecule has 2 amide bonds. The van der Waals surface area contributed by atoms with Gasteiger partial charge < -0.3 is 29.8 Å². The van der Waals surface area contributed by atoms with Gasteiger partial charge in [0.2, 0.25) is 18.1 Å². The standard InChI is InChI=1S/C20H25N3O6/c1-5-23-8-13(19(27)21-11(2)18(26)22-20(3,4)9-24)17(25)12-6-15-16(7-14(12)23)29-10-28-15/h6-8,11,24H,5,9-10H2,1-4H3,(H,21,27)(H,22,26). The number of hydrogen-bond donors (Lipinski definition) is 3. The van der Waals surface area contributed by atoms with Gasteiger partial charge >= 0.3 is 0 Å². The molecule has 9 nitrogen and oxygen atoms in total. The van der Waals surface area contributed by atoms with Gasteiger partial charge in [-0.3, -0.25) is 14.4 Å². The largest absolute Gasteiger partial charge is 0.454 e. The number of aliphatic hydroxyl groups is 1. The lowest BCUT2D eigenvalue weighted by Crippen LogP contribution is -2.53. The maximum atomic E-state index is 13.0. The average Bonchev–Trinajstić information content (AvgIpc) is 3.14. The van der Waals surface area contributed by atoms with Gasteiger partial charge in [-0.05, 0) is 33.8 Å².